The lowest BCUT2D eigenvalue weighted by atomic mass is 9.77. The molecule has 6 aromatic carbocycles. The topological polar surface area (TPSA) is 112 Å². The molecule has 0 saturated carbocycles. The number of hydrogen-bond donors (Lipinski definition) is 0. The molecule has 0 aliphatic rings. The molecule has 0 atom stereocenters. The van der Waals surface area contributed by atoms with E-state index < -0.39 is 23.2 Å². The van der Waals surface area contributed by atoms with Gasteiger partial charge in [0.25, 0.3) is 0 Å². The molecule has 0 radical (unpaired) electrons. The Bertz CT molecular complexity index is 2720. The number of anilines is 1. The van der Waals surface area contributed by atoms with Gasteiger partial charge in [0.15, 0.2) is 5.82 Å². The second kappa shape index (κ2) is 17.6. The first-order valence-electron chi connectivity index (χ1n) is 20.9. The Morgan fingerprint density at radius 1 is 0.677 bits per heavy atom. The summed E-state index contributed by atoms with van der Waals surface area (Å²) in [6.45, 7) is 9.75. The number of aryl methyl sites for hydroxylation is 1. The van der Waals surface area contributed by atoms with E-state index in [4.69, 9.17) is 24.8 Å². The van der Waals surface area contributed by atoms with Gasteiger partial charge in [-0.3, -0.25) is 9.88 Å². The number of fused-ring (bicyclic) bond motifs is 1. The highest BCUT2D eigenvalue weighted by molar-refractivity contribution is 6.03. The van der Waals surface area contributed by atoms with Gasteiger partial charge in [-0.05, 0) is 102 Å². The quantitative estimate of drug-likeness (QED) is 0.0884. The predicted octanol–water partition coefficient (Wildman–Crippen LogP) is 11.1. The van der Waals surface area contributed by atoms with Gasteiger partial charge in [-0.25, -0.2) is 14.3 Å². The van der Waals surface area contributed by atoms with Crippen molar-refractivity contribution in [2.45, 2.75) is 58.7 Å². The number of tetrazole rings is 1. The van der Waals surface area contributed by atoms with Crippen LogP contribution in [-0.2, 0) is 28.0 Å². The summed E-state index contributed by atoms with van der Waals surface area (Å²) in [7, 11) is 0. The van der Waals surface area contributed by atoms with Crippen LogP contribution in [0.25, 0.3) is 33.4 Å². The van der Waals surface area contributed by atoms with Gasteiger partial charge < -0.3 is 9.47 Å². The van der Waals surface area contributed by atoms with Crippen LogP contribution in [0.2, 0.25) is 0 Å². The number of carbonyl (C=O) groups is 2. The number of pyridine rings is 1. The average molecular weight is 821 g/mol. The second-order valence-electron chi connectivity index (χ2n) is 16.0. The van der Waals surface area contributed by atoms with Gasteiger partial charge in [-0.2, -0.15) is 0 Å². The minimum Gasteiger partial charge on any atom is -0.462 e. The maximum absolute atomic E-state index is 14.2. The molecule has 310 valence electrons. The normalized spacial score (nSPS) is 11.6. The standard InChI is InChI=1S/C52H48N6O4/c1-6-42-34-47(45-33-38(49(59)61-7-2)31-32-46(45)53-42)57(50(60)62-51(3,4)5)35-36-27-29-37(30-28-36)43-25-17-18-26-44(43)48-54-55-56-58(48)52(39-19-11-8-12-20-39,40-21-13-9-14-22-40)41-23-15-10-16-24-41/h8-34H,6-7,35H2,1-5H3. The van der Waals surface area contributed by atoms with Crippen LogP contribution in [0.1, 0.15) is 72.9 Å². The summed E-state index contributed by atoms with van der Waals surface area (Å²) in [4.78, 5) is 33.5. The summed E-state index contributed by atoms with van der Waals surface area (Å²) in [6, 6.07) is 54.4. The summed E-state index contributed by atoms with van der Waals surface area (Å²) >= 11 is 0. The van der Waals surface area contributed by atoms with Crippen molar-refractivity contribution in [2.24, 2.45) is 0 Å². The van der Waals surface area contributed by atoms with Crippen molar-refractivity contribution in [1.82, 2.24) is 25.2 Å². The number of benzene rings is 6. The molecule has 8 rings (SSSR count). The van der Waals surface area contributed by atoms with E-state index in [9.17, 15) is 9.59 Å². The zero-order valence-corrected chi connectivity index (χ0v) is 35.5. The number of esters is 1. The first kappa shape index (κ1) is 41.3. The van der Waals surface area contributed by atoms with Crippen LogP contribution in [0.4, 0.5) is 10.5 Å². The molecule has 2 aromatic heterocycles. The lowest BCUT2D eigenvalue weighted by Crippen LogP contribution is -2.39. The molecule has 0 aliphatic heterocycles. The molecular weight excluding hydrogens is 773 g/mol. The van der Waals surface area contributed by atoms with Gasteiger partial charge >= 0.3 is 12.1 Å². The highest BCUT2D eigenvalue weighted by Crippen LogP contribution is 2.43. The number of rotatable bonds is 12. The first-order valence-corrected chi connectivity index (χ1v) is 20.9. The molecule has 0 saturated heterocycles. The van der Waals surface area contributed by atoms with Gasteiger partial charge in [-0.15, -0.1) is 5.10 Å². The zero-order valence-electron chi connectivity index (χ0n) is 35.5. The van der Waals surface area contributed by atoms with Crippen LogP contribution in [-0.4, -0.2) is 49.5 Å². The van der Waals surface area contributed by atoms with E-state index in [1.54, 1.807) is 30.0 Å². The maximum Gasteiger partial charge on any atom is 0.415 e. The van der Waals surface area contributed by atoms with Gasteiger partial charge in [0, 0.05) is 16.6 Å². The molecule has 0 unspecified atom stereocenters. The Hall–Kier alpha value is -7.46. The van der Waals surface area contributed by atoms with Crippen LogP contribution >= 0.6 is 0 Å². The molecule has 0 spiro atoms. The van der Waals surface area contributed by atoms with Crippen molar-refractivity contribution in [3.05, 3.63) is 197 Å². The third-order valence-corrected chi connectivity index (χ3v) is 10.8. The van der Waals surface area contributed by atoms with Crippen LogP contribution in [0.3, 0.4) is 0 Å². The minimum atomic E-state index is -0.920. The fourth-order valence-electron chi connectivity index (χ4n) is 7.96. The minimum absolute atomic E-state index is 0.189. The SMILES string of the molecule is CCOC(=O)c1ccc2nc(CC)cc(N(Cc3ccc(-c4ccccc4-c4nnnn4C(c4ccccc4)(c4ccccc4)c4ccccc4)cc3)C(=O)OC(C)(C)C)c2c1. The molecular formula is C52H48N6O4. The smallest absolute Gasteiger partial charge is 0.415 e. The third-order valence-electron chi connectivity index (χ3n) is 10.8. The molecule has 10 nitrogen and oxygen atoms in total. The molecule has 62 heavy (non-hydrogen) atoms. The second-order valence-corrected chi connectivity index (χ2v) is 16.0. The Labute approximate surface area is 361 Å². The molecule has 0 aliphatic carbocycles. The average Bonchev–Trinajstić information content (AvgIpc) is 3.79. The summed E-state index contributed by atoms with van der Waals surface area (Å²) in [5.74, 6) is 0.148. The summed E-state index contributed by atoms with van der Waals surface area (Å²) in [5, 5.41) is 14.5. The van der Waals surface area contributed by atoms with Gasteiger partial charge in [0.2, 0.25) is 0 Å². The highest BCUT2D eigenvalue weighted by Gasteiger charge is 2.42. The zero-order chi connectivity index (χ0) is 43.3. The molecule has 8 aromatic rings. The number of amides is 1. The molecule has 10 heteroatoms. The fraction of sp³-hybridized carbons (Fsp3) is 0.192. The van der Waals surface area contributed by atoms with Gasteiger partial charge in [0.1, 0.15) is 11.1 Å². The van der Waals surface area contributed by atoms with Crippen molar-refractivity contribution < 1.29 is 19.1 Å². The van der Waals surface area contributed by atoms with E-state index in [0.29, 0.717) is 34.4 Å². The van der Waals surface area contributed by atoms with Crippen molar-refractivity contribution in [1.29, 1.82) is 0 Å². The van der Waals surface area contributed by atoms with E-state index >= 15 is 0 Å². The monoisotopic (exact) mass is 820 g/mol. The van der Waals surface area contributed by atoms with E-state index in [-0.39, 0.29) is 13.2 Å². The van der Waals surface area contributed by atoms with Crippen LogP contribution < -0.4 is 4.90 Å². The molecule has 0 N–H and O–H groups in total. The van der Waals surface area contributed by atoms with Crippen LogP contribution in [0.15, 0.2) is 164 Å². The van der Waals surface area contributed by atoms with Crippen LogP contribution in [0, 0.1) is 0 Å². The summed E-state index contributed by atoms with van der Waals surface area (Å²) in [5.41, 5.74) is 7.35. The number of nitrogens with zero attached hydrogens (tertiary/aromatic N) is 6. The third kappa shape index (κ3) is 8.19. The molecule has 0 fully saturated rings. The van der Waals surface area contributed by atoms with E-state index in [1.807, 2.05) is 123 Å². The summed E-state index contributed by atoms with van der Waals surface area (Å²) < 4.78 is 13.3. The van der Waals surface area contributed by atoms with Crippen molar-refractivity contribution in [2.75, 3.05) is 11.5 Å². The van der Waals surface area contributed by atoms with E-state index in [0.717, 1.165) is 44.6 Å². The summed E-state index contributed by atoms with van der Waals surface area (Å²) in [6.07, 6.45) is 0.124. The maximum atomic E-state index is 14.2. The number of aromatic nitrogens is 5. The highest BCUT2D eigenvalue weighted by atomic mass is 16.6. The predicted molar refractivity (Wildman–Crippen MR) is 243 cm³/mol. The Morgan fingerprint density at radius 2 is 1.26 bits per heavy atom. The number of carbonyl (C=O) groups excluding carboxylic acids is 2. The molecule has 2 heterocycles. The molecule has 0 bridgehead atoms. The lowest BCUT2D eigenvalue weighted by molar-refractivity contribution is 0.0525. The van der Waals surface area contributed by atoms with E-state index in [1.165, 1.54) is 0 Å². The fourth-order valence-corrected chi connectivity index (χ4v) is 7.96. The van der Waals surface area contributed by atoms with E-state index in [2.05, 4.69) is 59.8 Å². The number of hydrogen-bond acceptors (Lipinski definition) is 8. The number of ether oxygens (including phenoxy) is 2. The van der Waals surface area contributed by atoms with Crippen LogP contribution in [0.5, 0.6) is 0 Å². The van der Waals surface area contributed by atoms with Crippen molar-refractivity contribution in [3.8, 4) is 22.5 Å². The largest absolute Gasteiger partial charge is 0.462 e. The van der Waals surface area contributed by atoms with Gasteiger partial charge in [-0.1, -0.05) is 146 Å². The van der Waals surface area contributed by atoms with Crippen molar-refractivity contribution >= 4 is 28.7 Å². The lowest BCUT2D eigenvalue weighted by Gasteiger charge is -2.36. The van der Waals surface area contributed by atoms with Gasteiger partial charge in [0.05, 0.1) is 29.9 Å². The van der Waals surface area contributed by atoms with Crippen molar-refractivity contribution in [3.63, 3.8) is 0 Å². The Kier molecular flexibility index (Phi) is 11.7. The Morgan fingerprint density at radius 3 is 1.82 bits per heavy atom. The Balaban J connectivity index is 1.22. The first-order chi connectivity index (χ1) is 30.1. The molecule has 1 amide bonds.